The monoisotopic (exact) mass is 342 g/mol. The van der Waals surface area contributed by atoms with Crippen LogP contribution in [0.25, 0.3) is 5.57 Å². The van der Waals surface area contributed by atoms with Crippen LogP contribution in [0.15, 0.2) is 36.4 Å². The molecule has 0 amide bonds. The van der Waals surface area contributed by atoms with Crippen molar-refractivity contribution in [3.05, 3.63) is 47.6 Å². The molecule has 1 aliphatic heterocycles. The van der Waals surface area contributed by atoms with E-state index in [-0.39, 0.29) is 17.3 Å². The summed E-state index contributed by atoms with van der Waals surface area (Å²) in [5.74, 6) is 0.911. The van der Waals surface area contributed by atoms with Gasteiger partial charge in [0, 0.05) is 11.0 Å². The number of benzene rings is 1. The van der Waals surface area contributed by atoms with E-state index in [9.17, 15) is 4.79 Å². The molecule has 1 aromatic rings. The first-order valence-electron chi connectivity index (χ1n) is 9.17. The summed E-state index contributed by atoms with van der Waals surface area (Å²) in [6.45, 7) is 11.5. The van der Waals surface area contributed by atoms with Crippen molar-refractivity contribution in [1.82, 2.24) is 0 Å². The summed E-state index contributed by atoms with van der Waals surface area (Å²) in [4.78, 5) is 11.7. The lowest BCUT2D eigenvalue weighted by atomic mass is 9.89. The zero-order chi connectivity index (χ0) is 18.4. The van der Waals surface area contributed by atoms with Crippen molar-refractivity contribution >= 4 is 11.5 Å². The molecule has 0 aromatic heterocycles. The fourth-order valence-electron chi connectivity index (χ4n) is 2.91. The number of allylic oxidation sites excluding steroid dienone is 3. The molecule has 1 heterocycles. The first-order valence-corrected chi connectivity index (χ1v) is 9.17. The number of hydrogen-bond donors (Lipinski definition) is 0. The topological polar surface area (TPSA) is 35.5 Å². The molecule has 0 N–H and O–H groups in total. The van der Waals surface area contributed by atoms with Crippen LogP contribution in [0.2, 0.25) is 0 Å². The van der Waals surface area contributed by atoms with Crippen LogP contribution >= 0.6 is 0 Å². The van der Waals surface area contributed by atoms with Crippen LogP contribution in [0.4, 0.5) is 0 Å². The van der Waals surface area contributed by atoms with Gasteiger partial charge in [0.1, 0.15) is 5.75 Å². The van der Waals surface area contributed by atoms with Gasteiger partial charge < -0.3 is 9.47 Å². The normalized spacial score (nSPS) is 17.2. The third-order valence-electron chi connectivity index (χ3n) is 4.31. The molecule has 1 atom stereocenters. The maximum absolute atomic E-state index is 11.7. The van der Waals surface area contributed by atoms with Gasteiger partial charge in [0.25, 0.3) is 0 Å². The third-order valence-corrected chi connectivity index (χ3v) is 4.31. The SMILES string of the molecule is CCOC(=O)CC(C)/C=C/C1=CC(C)(C)COc2ccc(CC)cc21. The summed E-state index contributed by atoms with van der Waals surface area (Å²) in [7, 11) is 0. The molecule has 2 rings (SSSR count). The second-order valence-corrected chi connectivity index (χ2v) is 7.41. The zero-order valence-corrected chi connectivity index (χ0v) is 16.1. The summed E-state index contributed by atoms with van der Waals surface area (Å²) >= 11 is 0. The predicted octanol–water partition coefficient (Wildman–Crippen LogP) is 5.20. The van der Waals surface area contributed by atoms with Gasteiger partial charge in [0.05, 0.1) is 19.6 Å². The average molecular weight is 342 g/mol. The Balaban J connectivity index is 2.28. The van der Waals surface area contributed by atoms with E-state index in [2.05, 4.69) is 57.2 Å². The van der Waals surface area contributed by atoms with Crippen LogP contribution < -0.4 is 4.74 Å². The first-order chi connectivity index (χ1) is 11.8. The Bertz CT molecular complexity index is 668. The van der Waals surface area contributed by atoms with Gasteiger partial charge in [-0.05, 0) is 42.5 Å². The standard InChI is InChI=1S/C22H30O3/c1-6-17-9-11-20-19(13-17)18(14-22(4,5)15-25-20)10-8-16(3)12-21(23)24-7-2/h8-11,13-14,16H,6-7,12,15H2,1-5H3/b10-8+. The molecule has 3 heteroatoms. The minimum absolute atomic E-state index is 0.0462. The highest BCUT2D eigenvalue weighted by atomic mass is 16.5. The van der Waals surface area contributed by atoms with E-state index in [0.29, 0.717) is 19.6 Å². The molecule has 0 aliphatic carbocycles. The summed E-state index contributed by atoms with van der Waals surface area (Å²) in [5.41, 5.74) is 3.53. The highest BCUT2D eigenvalue weighted by Gasteiger charge is 2.23. The summed E-state index contributed by atoms with van der Waals surface area (Å²) < 4.78 is 11.1. The largest absolute Gasteiger partial charge is 0.492 e. The van der Waals surface area contributed by atoms with E-state index in [1.54, 1.807) is 0 Å². The van der Waals surface area contributed by atoms with Crippen LogP contribution in [-0.4, -0.2) is 19.2 Å². The molecule has 0 saturated carbocycles. The minimum atomic E-state index is -0.146. The lowest BCUT2D eigenvalue weighted by molar-refractivity contribution is -0.143. The van der Waals surface area contributed by atoms with E-state index in [4.69, 9.17) is 9.47 Å². The van der Waals surface area contributed by atoms with Gasteiger partial charge in [-0.15, -0.1) is 0 Å². The van der Waals surface area contributed by atoms with E-state index in [1.807, 2.05) is 13.8 Å². The summed E-state index contributed by atoms with van der Waals surface area (Å²) in [5, 5.41) is 0. The molecule has 1 aromatic carbocycles. The van der Waals surface area contributed by atoms with Crippen LogP contribution in [0, 0.1) is 11.3 Å². The van der Waals surface area contributed by atoms with Crippen molar-refractivity contribution in [1.29, 1.82) is 0 Å². The summed E-state index contributed by atoms with van der Waals surface area (Å²) in [6, 6.07) is 6.41. The van der Waals surface area contributed by atoms with Crippen molar-refractivity contribution in [3.8, 4) is 5.75 Å². The number of carbonyl (C=O) groups is 1. The van der Waals surface area contributed by atoms with Gasteiger partial charge >= 0.3 is 5.97 Å². The van der Waals surface area contributed by atoms with Gasteiger partial charge in [-0.3, -0.25) is 4.79 Å². The maximum atomic E-state index is 11.7. The van der Waals surface area contributed by atoms with Gasteiger partial charge in [0.15, 0.2) is 0 Å². The van der Waals surface area contributed by atoms with E-state index in [1.165, 1.54) is 5.56 Å². The maximum Gasteiger partial charge on any atom is 0.306 e. The first kappa shape index (κ1) is 19.3. The molecule has 136 valence electrons. The van der Waals surface area contributed by atoms with Crippen molar-refractivity contribution in [2.45, 2.75) is 47.5 Å². The van der Waals surface area contributed by atoms with Crippen LogP contribution in [0.5, 0.6) is 5.75 Å². The van der Waals surface area contributed by atoms with Crippen molar-refractivity contribution in [2.24, 2.45) is 11.3 Å². The molecule has 0 spiro atoms. The second kappa shape index (κ2) is 8.37. The highest BCUT2D eigenvalue weighted by molar-refractivity contribution is 5.79. The van der Waals surface area contributed by atoms with Gasteiger partial charge in [0.2, 0.25) is 0 Å². The number of rotatable bonds is 6. The average Bonchev–Trinajstić information content (AvgIpc) is 2.69. The number of esters is 1. The molecular formula is C22H30O3. The number of hydrogen-bond acceptors (Lipinski definition) is 3. The van der Waals surface area contributed by atoms with Crippen LogP contribution in [0.1, 0.15) is 52.2 Å². The minimum Gasteiger partial charge on any atom is -0.492 e. The number of carbonyl (C=O) groups excluding carboxylic acids is 1. The van der Waals surface area contributed by atoms with Crippen molar-refractivity contribution < 1.29 is 14.3 Å². The molecule has 0 radical (unpaired) electrons. The van der Waals surface area contributed by atoms with Crippen molar-refractivity contribution in [3.63, 3.8) is 0 Å². The van der Waals surface area contributed by atoms with Crippen LogP contribution in [0.3, 0.4) is 0 Å². The second-order valence-electron chi connectivity index (χ2n) is 7.41. The zero-order valence-electron chi connectivity index (χ0n) is 16.1. The lowest BCUT2D eigenvalue weighted by Gasteiger charge is -2.18. The number of ether oxygens (including phenoxy) is 2. The molecular weight excluding hydrogens is 312 g/mol. The molecule has 0 saturated heterocycles. The predicted molar refractivity (Wildman–Crippen MR) is 103 cm³/mol. The van der Waals surface area contributed by atoms with Gasteiger partial charge in [-0.2, -0.15) is 0 Å². The molecule has 3 nitrogen and oxygen atoms in total. The van der Waals surface area contributed by atoms with E-state index < -0.39 is 0 Å². The molecule has 0 fully saturated rings. The Hall–Kier alpha value is -2.03. The van der Waals surface area contributed by atoms with Crippen molar-refractivity contribution in [2.75, 3.05) is 13.2 Å². The smallest absolute Gasteiger partial charge is 0.306 e. The Labute approximate surface area is 151 Å². The van der Waals surface area contributed by atoms with E-state index >= 15 is 0 Å². The molecule has 25 heavy (non-hydrogen) atoms. The Morgan fingerprint density at radius 2 is 2.12 bits per heavy atom. The molecule has 1 aliphatic rings. The molecule has 1 unspecified atom stereocenters. The number of fused-ring (bicyclic) bond motifs is 1. The fourth-order valence-corrected chi connectivity index (χ4v) is 2.91. The Kier molecular flexibility index (Phi) is 6.46. The third kappa shape index (κ3) is 5.48. The summed E-state index contributed by atoms with van der Waals surface area (Å²) in [6.07, 6.45) is 7.88. The van der Waals surface area contributed by atoms with Gasteiger partial charge in [-0.1, -0.05) is 52.0 Å². The quantitative estimate of drug-likeness (QED) is 0.667. The van der Waals surface area contributed by atoms with Crippen LogP contribution in [-0.2, 0) is 16.0 Å². The number of aryl methyl sites for hydroxylation is 1. The Morgan fingerprint density at radius 1 is 1.36 bits per heavy atom. The van der Waals surface area contributed by atoms with E-state index in [0.717, 1.165) is 23.3 Å². The lowest BCUT2D eigenvalue weighted by Crippen LogP contribution is -2.17. The highest BCUT2D eigenvalue weighted by Crippen LogP contribution is 2.36. The van der Waals surface area contributed by atoms with Gasteiger partial charge in [-0.25, -0.2) is 0 Å². The molecule has 0 bridgehead atoms. The Morgan fingerprint density at radius 3 is 2.80 bits per heavy atom. The fraction of sp³-hybridized carbons (Fsp3) is 0.500.